The Morgan fingerprint density at radius 2 is 1.94 bits per heavy atom. The summed E-state index contributed by atoms with van der Waals surface area (Å²) in [6.07, 6.45) is -1.30. The van der Waals surface area contributed by atoms with Gasteiger partial charge in [0, 0.05) is 36.7 Å². The maximum Gasteiger partial charge on any atom is 0.416 e. The molecule has 1 aliphatic heterocycles. The van der Waals surface area contributed by atoms with Gasteiger partial charge in [0.1, 0.15) is 6.04 Å². The maximum absolute atomic E-state index is 13.2. The van der Waals surface area contributed by atoms with Gasteiger partial charge in [0.05, 0.1) is 5.56 Å². The standard InChI is InChI=1S/C25H34F3N3O4/c1-15(2)30(3)19-8-9-21(16(14-19)7-10-22(32)33)31-12-11-20(24(31)35)29-23(34)17-5-4-6-18(13-17)25(26,27)28/h4-6,13,15-16,19-21H,7-12,14H2,1-3H3,(H,29,34)(H,32,33)/t16-,19+,20-,21-/m0/s1. The second-order valence-electron chi connectivity index (χ2n) is 9.91. The zero-order valence-corrected chi connectivity index (χ0v) is 20.3. The van der Waals surface area contributed by atoms with Gasteiger partial charge in [0.25, 0.3) is 5.91 Å². The number of carboxylic acids is 1. The van der Waals surface area contributed by atoms with Crippen LogP contribution in [0.1, 0.15) is 68.3 Å². The van der Waals surface area contributed by atoms with Crippen molar-refractivity contribution >= 4 is 17.8 Å². The highest BCUT2D eigenvalue weighted by Crippen LogP contribution is 2.36. The molecule has 0 radical (unpaired) electrons. The van der Waals surface area contributed by atoms with E-state index in [4.69, 9.17) is 0 Å². The van der Waals surface area contributed by atoms with Crippen molar-refractivity contribution in [2.75, 3.05) is 13.6 Å². The number of likely N-dealkylation sites (tertiary alicyclic amines) is 1. The number of alkyl halides is 3. The number of hydrogen-bond donors (Lipinski definition) is 2. The summed E-state index contributed by atoms with van der Waals surface area (Å²) in [7, 11) is 2.06. The zero-order valence-electron chi connectivity index (χ0n) is 20.3. The van der Waals surface area contributed by atoms with Crippen molar-refractivity contribution in [3.8, 4) is 0 Å². The van der Waals surface area contributed by atoms with Gasteiger partial charge in [-0.1, -0.05) is 6.07 Å². The number of hydrogen-bond acceptors (Lipinski definition) is 4. The van der Waals surface area contributed by atoms with Crippen LogP contribution in [0.25, 0.3) is 0 Å². The number of nitrogens with one attached hydrogen (secondary N) is 1. The summed E-state index contributed by atoms with van der Waals surface area (Å²) in [6.45, 7) is 4.64. The normalized spacial score (nSPS) is 25.4. The van der Waals surface area contributed by atoms with Crippen molar-refractivity contribution < 1.29 is 32.7 Å². The van der Waals surface area contributed by atoms with E-state index >= 15 is 0 Å². The molecule has 1 aromatic carbocycles. The summed E-state index contributed by atoms with van der Waals surface area (Å²) in [5.41, 5.74) is -1.07. The molecule has 2 fully saturated rings. The lowest BCUT2D eigenvalue weighted by Gasteiger charge is -2.44. The number of carboxylic acid groups (broad SMARTS) is 1. The van der Waals surface area contributed by atoms with E-state index in [0.29, 0.717) is 31.5 Å². The lowest BCUT2D eigenvalue weighted by molar-refractivity contribution is -0.138. The molecule has 2 amide bonds. The van der Waals surface area contributed by atoms with Crippen molar-refractivity contribution in [3.63, 3.8) is 0 Å². The van der Waals surface area contributed by atoms with Crippen molar-refractivity contribution in [1.29, 1.82) is 0 Å². The molecular formula is C25H34F3N3O4. The molecule has 1 aromatic rings. The molecule has 7 nitrogen and oxygen atoms in total. The average Bonchev–Trinajstić information content (AvgIpc) is 3.16. The molecule has 194 valence electrons. The van der Waals surface area contributed by atoms with Gasteiger partial charge in [-0.15, -0.1) is 0 Å². The Labute approximate surface area is 203 Å². The largest absolute Gasteiger partial charge is 0.481 e. The van der Waals surface area contributed by atoms with E-state index in [-0.39, 0.29) is 29.9 Å². The Morgan fingerprint density at radius 1 is 1.23 bits per heavy atom. The van der Waals surface area contributed by atoms with E-state index in [0.717, 1.165) is 31.4 Å². The van der Waals surface area contributed by atoms with Crippen LogP contribution < -0.4 is 5.32 Å². The number of carbonyl (C=O) groups is 3. The molecule has 0 bridgehead atoms. The van der Waals surface area contributed by atoms with E-state index in [1.165, 1.54) is 12.1 Å². The van der Waals surface area contributed by atoms with Crippen LogP contribution in [0.15, 0.2) is 24.3 Å². The van der Waals surface area contributed by atoms with Gasteiger partial charge in [-0.2, -0.15) is 13.2 Å². The first-order valence-corrected chi connectivity index (χ1v) is 12.1. The molecule has 1 aliphatic carbocycles. The Morgan fingerprint density at radius 3 is 2.57 bits per heavy atom. The van der Waals surface area contributed by atoms with Crippen LogP contribution in [0.3, 0.4) is 0 Å². The first-order chi connectivity index (χ1) is 16.4. The highest BCUT2D eigenvalue weighted by Gasteiger charge is 2.43. The number of nitrogens with zero attached hydrogens (tertiary/aromatic N) is 2. The lowest BCUT2D eigenvalue weighted by atomic mass is 9.77. The minimum atomic E-state index is -4.57. The van der Waals surface area contributed by atoms with Crippen LogP contribution in [0.4, 0.5) is 13.2 Å². The Kier molecular flexibility index (Phi) is 8.46. The molecule has 1 saturated carbocycles. The summed E-state index contributed by atoms with van der Waals surface area (Å²) in [5.74, 6) is -1.83. The van der Waals surface area contributed by atoms with Gasteiger partial charge in [-0.3, -0.25) is 14.4 Å². The monoisotopic (exact) mass is 497 g/mol. The topological polar surface area (TPSA) is 90.0 Å². The second kappa shape index (κ2) is 11.0. The molecule has 0 aromatic heterocycles. The highest BCUT2D eigenvalue weighted by atomic mass is 19.4. The molecule has 1 heterocycles. The fourth-order valence-electron chi connectivity index (χ4n) is 5.29. The number of benzene rings is 1. The van der Waals surface area contributed by atoms with Crippen molar-refractivity contribution in [2.45, 2.75) is 82.7 Å². The van der Waals surface area contributed by atoms with Gasteiger partial charge in [-0.05, 0) is 77.1 Å². The van der Waals surface area contributed by atoms with Crippen LogP contribution in [-0.4, -0.2) is 70.4 Å². The van der Waals surface area contributed by atoms with Crippen LogP contribution in [0.5, 0.6) is 0 Å². The molecule has 10 heteroatoms. The maximum atomic E-state index is 13.2. The molecule has 2 N–H and O–H groups in total. The Hall–Kier alpha value is -2.62. The quantitative estimate of drug-likeness (QED) is 0.571. The Balaban J connectivity index is 1.69. The molecular weight excluding hydrogens is 463 g/mol. The lowest BCUT2D eigenvalue weighted by Crippen LogP contribution is -2.51. The minimum absolute atomic E-state index is 0.0212. The first kappa shape index (κ1) is 27.0. The third-order valence-corrected chi connectivity index (χ3v) is 7.43. The number of halogens is 3. The molecule has 2 aliphatic rings. The van der Waals surface area contributed by atoms with E-state index < -0.39 is 29.7 Å². The molecule has 1 saturated heterocycles. The van der Waals surface area contributed by atoms with Crippen molar-refractivity contribution in [1.82, 2.24) is 15.1 Å². The van der Waals surface area contributed by atoms with Gasteiger partial charge in [-0.25, -0.2) is 0 Å². The molecule has 35 heavy (non-hydrogen) atoms. The van der Waals surface area contributed by atoms with Crippen molar-refractivity contribution in [3.05, 3.63) is 35.4 Å². The smallest absolute Gasteiger partial charge is 0.416 e. The van der Waals surface area contributed by atoms with Gasteiger partial charge in [0.2, 0.25) is 5.91 Å². The van der Waals surface area contributed by atoms with Gasteiger partial charge < -0.3 is 20.2 Å². The molecule has 3 rings (SSSR count). The van der Waals surface area contributed by atoms with Crippen molar-refractivity contribution in [2.24, 2.45) is 5.92 Å². The van der Waals surface area contributed by atoms with E-state index in [9.17, 15) is 32.7 Å². The third kappa shape index (κ3) is 6.54. The van der Waals surface area contributed by atoms with Crippen LogP contribution >= 0.6 is 0 Å². The van der Waals surface area contributed by atoms with Crippen LogP contribution in [0.2, 0.25) is 0 Å². The zero-order chi connectivity index (χ0) is 25.9. The summed E-state index contributed by atoms with van der Waals surface area (Å²) in [6, 6.07) is 3.85. The highest BCUT2D eigenvalue weighted by molar-refractivity contribution is 5.98. The summed E-state index contributed by atoms with van der Waals surface area (Å²) in [5, 5.41) is 11.8. The molecule has 0 spiro atoms. The fourth-order valence-corrected chi connectivity index (χ4v) is 5.29. The van der Waals surface area contributed by atoms with E-state index in [1.54, 1.807) is 4.90 Å². The van der Waals surface area contributed by atoms with Gasteiger partial charge in [0.15, 0.2) is 0 Å². The van der Waals surface area contributed by atoms with Crippen LogP contribution in [0, 0.1) is 5.92 Å². The molecule has 4 atom stereocenters. The first-order valence-electron chi connectivity index (χ1n) is 12.1. The summed E-state index contributed by atoms with van der Waals surface area (Å²) in [4.78, 5) is 41.1. The third-order valence-electron chi connectivity index (χ3n) is 7.43. The number of amides is 2. The fraction of sp³-hybridized carbons (Fsp3) is 0.640. The Bertz CT molecular complexity index is 937. The van der Waals surface area contributed by atoms with E-state index in [1.807, 2.05) is 0 Å². The number of aliphatic carboxylic acids is 1. The average molecular weight is 498 g/mol. The van der Waals surface area contributed by atoms with E-state index in [2.05, 4.69) is 31.1 Å². The van der Waals surface area contributed by atoms with Gasteiger partial charge >= 0.3 is 12.1 Å². The number of rotatable bonds is 8. The SMILES string of the molecule is CC(C)N(C)[C@@H]1CC[C@H](N2CC[C@H](NC(=O)c3cccc(C(F)(F)F)c3)C2=O)[C@@H](CCC(=O)O)C1. The van der Waals surface area contributed by atoms with Crippen LogP contribution in [-0.2, 0) is 15.8 Å². The number of carbonyl (C=O) groups excluding carboxylic acids is 2. The second-order valence-corrected chi connectivity index (χ2v) is 9.91. The summed E-state index contributed by atoms with van der Waals surface area (Å²) < 4.78 is 39.0. The predicted molar refractivity (Wildman–Crippen MR) is 124 cm³/mol. The summed E-state index contributed by atoms with van der Waals surface area (Å²) >= 11 is 0. The minimum Gasteiger partial charge on any atom is -0.481 e. The predicted octanol–water partition coefficient (Wildman–Crippen LogP) is 3.78. The molecule has 0 unspecified atom stereocenters.